The molecule has 0 aromatic heterocycles. The van der Waals surface area contributed by atoms with Gasteiger partial charge in [-0.3, -0.25) is 0 Å². The van der Waals surface area contributed by atoms with Gasteiger partial charge in [-0.2, -0.15) is 0 Å². The van der Waals surface area contributed by atoms with Crippen LogP contribution < -0.4 is 19.9 Å². The van der Waals surface area contributed by atoms with Crippen molar-refractivity contribution in [2.24, 2.45) is 11.7 Å². The fraction of sp³-hybridized carbons (Fsp3) is 0.571. The standard InChI is InChI=1S/C14H23NO3/c1-9(2)6-11(15)14-12(17-4)7-10(16-3)8-13(14)18-5/h7-9,11H,6,15H2,1-5H3/t11-/m1/s1. The maximum Gasteiger partial charge on any atom is 0.131 e. The van der Waals surface area contributed by atoms with Crippen LogP contribution in [0.15, 0.2) is 12.1 Å². The number of benzene rings is 1. The zero-order valence-electron chi connectivity index (χ0n) is 11.8. The van der Waals surface area contributed by atoms with Gasteiger partial charge >= 0.3 is 0 Å². The summed E-state index contributed by atoms with van der Waals surface area (Å²) in [6, 6.07) is 3.55. The van der Waals surface area contributed by atoms with Gasteiger partial charge < -0.3 is 19.9 Å². The summed E-state index contributed by atoms with van der Waals surface area (Å²) in [5, 5.41) is 0. The highest BCUT2D eigenvalue weighted by molar-refractivity contribution is 5.52. The predicted molar refractivity (Wildman–Crippen MR) is 72.5 cm³/mol. The Labute approximate surface area is 109 Å². The third-order valence-corrected chi connectivity index (χ3v) is 2.85. The first kappa shape index (κ1) is 14.6. The van der Waals surface area contributed by atoms with Gasteiger partial charge in [0.2, 0.25) is 0 Å². The van der Waals surface area contributed by atoms with Gasteiger partial charge in [-0.05, 0) is 12.3 Å². The Bertz CT molecular complexity index is 366. The molecule has 0 saturated carbocycles. The van der Waals surface area contributed by atoms with Crippen LogP contribution in [0.4, 0.5) is 0 Å². The maximum atomic E-state index is 6.24. The molecule has 0 aliphatic carbocycles. The smallest absolute Gasteiger partial charge is 0.131 e. The van der Waals surface area contributed by atoms with E-state index in [2.05, 4.69) is 13.8 Å². The molecular formula is C14H23NO3. The van der Waals surface area contributed by atoms with E-state index in [0.717, 1.165) is 12.0 Å². The molecule has 4 heteroatoms. The summed E-state index contributed by atoms with van der Waals surface area (Å²) in [5.74, 6) is 2.62. The Balaban J connectivity index is 3.21. The minimum atomic E-state index is -0.110. The van der Waals surface area contributed by atoms with E-state index in [-0.39, 0.29) is 6.04 Å². The lowest BCUT2D eigenvalue weighted by molar-refractivity contribution is 0.358. The summed E-state index contributed by atoms with van der Waals surface area (Å²) in [7, 11) is 4.86. The molecule has 0 heterocycles. The SMILES string of the molecule is COc1cc(OC)c([C@H](N)CC(C)C)c(OC)c1. The Hall–Kier alpha value is -1.42. The van der Waals surface area contributed by atoms with Gasteiger partial charge in [0, 0.05) is 18.2 Å². The molecule has 0 bridgehead atoms. The summed E-state index contributed by atoms with van der Waals surface area (Å²) in [6.45, 7) is 4.28. The zero-order valence-corrected chi connectivity index (χ0v) is 11.8. The lowest BCUT2D eigenvalue weighted by Crippen LogP contribution is -2.15. The molecule has 0 unspecified atom stereocenters. The van der Waals surface area contributed by atoms with Crippen LogP contribution in [0.1, 0.15) is 31.9 Å². The van der Waals surface area contributed by atoms with Crippen LogP contribution in [0, 0.1) is 5.92 Å². The number of nitrogens with two attached hydrogens (primary N) is 1. The number of ether oxygens (including phenoxy) is 3. The molecular weight excluding hydrogens is 230 g/mol. The van der Waals surface area contributed by atoms with E-state index in [9.17, 15) is 0 Å². The molecule has 0 fully saturated rings. The van der Waals surface area contributed by atoms with Crippen molar-refractivity contribution in [1.82, 2.24) is 0 Å². The molecule has 1 atom stereocenters. The number of hydrogen-bond donors (Lipinski definition) is 1. The van der Waals surface area contributed by atoms with Crippen LogP contribution in [-0.2, 0) is 0 Å². The highest BCUT2D eigenvalue weighted by atomic mass is 16.5. The van der Waals surface area contributed by atoms with Gasteiger partial charge in [0.15, 0.2) is 0 Å². The summed E-state index contributed by atoms with van der Waals surface area (Å²) in [4.78, 5) is 0. The van der Waals surface area contributed by atoms with E-state index in [4.69, 9.17) is 19.9 Å². The molecule has 18 heavy (non-hydrogen) atoms. The van der Waals surface area contributed by atoms with Gasteiger partial charge in [0.05, 0.1) is 26.9 Å². The lowest BCUT2D eigenvalue weighted by Gasteiger charge is -2.21. The van der Waals surface area contributed by atoms with Crippen LogP contribution in [0.2, 0.25) is 0 Å². The molecule has 2 N–H and O–H groups in total. The van der Waals surface area contributed by atoms with Gasteiger partial charge in [-0.15, -0.1) is 0 Å². The van der Waals surface area contributed by atoms with Gasteiger partial charge in [0.1, 0.15) is 17.2 Å². The summed E-state index contributed by atoms with van der Waals surface area (Å²) < 4.78 is 16.0. The number of hydrogen-bond acceptors (Lipinski definition) is 4. The molecule has 102 valence electrons. The van der Waals surface area contributed by atoms with Crippen molar-refractivity contribution in [2.75, 3.05) is 21.3 Å². The van der Waals surface area contributed by atoms with Crippen LogP contribution in [0.5, 0.6) is 17.2 Å². The predicted octanol–water partition coefficient (Wildman–Crippen LogP) is 2.76. The highest BCUT2D eigenvalue weighted by Gasteiger charge is 2.20. The Morgan fingerprint density at radius 1 is 1.00 bits per heavy atom. The summed E-state index contributed by atoms with van der Waals surface area (Å²) in [5.41, 5.74) is 7.14. The molecule has 1 aromatic carbocycles. The van der Waals surface area contributed by atoms with Crippen molar-refractivity contribution in [2.45, 2.75) is 26.3 Å². The van der Waals surface area contributed by atoms with Crippen LogP contribution in [-0.4, -0.2) is 21.3 Å². The van der Waals surface area contributed by atoms with Crippen LogP contribution in [0.3, 0.4) is 0 Å². The number of methoxy groups -OCH3 is 3. The molecule has 0 amide bonds. The lowest BCUT2D eigenvalue weighted by atomic mass is 9.96. The molecule has 0 radical (unpaired) electrons. The van der Waals surface area contributed by atoms with E-state index in [1.54, 1.807) is 21.3 Å². The Morgan fingerprint density at radius 2 is 1.50 bits per heavy atom. The summed E-state index contributed by atoms with van der Waals surface area (Å²) >= 11 is 0. The maximum absolute atomic E-state index is 6.24. The monoisotopic (exact) mass is 253 g/mol. The highest BCUT2D eigenvalue weighted by Crippen LogP contribution is 2.39. The molecule has 4 nitrogen and oxygen atoms in total. The van der Waals surface area contributed by atoms with Gasteiger partial charge in [0.25, 0.3) is 0 Å². The topological polar surface area (TPSA) is 53.7 Å². The third-order valence-electron chi connectivity index (χ3n) is 2.85. The largest absolute Gasteiger partial charge is 0.496 e. The molecule has 1 aromatic rings. The fourth-order valence-corrected chi connectivity index (χ4v) is 2.02. The van der Waals surface area contributed by atoms with Crippen molar-refractivity contribution < 1.29 is 14.2 Å². The Kier molecular flexibility index (Phi) is 5.28. The average molecular weight is 253 g/mol. The minimum absolute atomic E-state index is 0.110. The first-order chi connectivity index (χ1) is 8.53. The second-order valence-corrected chi connectivity index (χ2v) is 4.68. The fourth-order valence-electron chi connectivity index (χ4n) is 2.02. The van der Waals surface area contributed by atoms with E-state index >= 15 is 0 Å². The molecule has 0 aliphatic rings. The zero-order chi connectivity index (χ0) is 13.7. The van der Waals surface area contributed by atoms with Crippen molar-refractivity contribution in [3.8, 4) is 17.2 Å². The molecule has 0 saturated heterocycles. The van der Waals surface area contributed by atoms with Crippen LogP contribution >= 0.6 is 0 Å². The third kappa shape index (κ3) is 3.29. The van der Waals surface area contributed by atoms with E-state index in [0.29, 0.717) is 23.2 Å². The molecule has 1 rings (SSSR count). The van der Waals surface area contributed by atoms with Crippen molar-refractivity contribution in [3.63, 3.8) is 0 Å². The first-order valence-electron chi connectivity index (χ1n) is 6.09. The summed E-state index contributed by atoms with van der Waals surface area (Å²) in [6.07, 6.45) is 0.874. The molecule has 0 aliphatic heterocycles. The Morgan fingerprint density at radius 3 is 1.83 bits per heavy atom. The van der Waals surface area contributed by atoms with E-state index < -0.39 is 0 Å². The quantitative estimate of drug-likeness (QED) is 0.847. The average Bonchev–Trinajstić information content (AvgIpc) is 2.35. The van der Waals surface area contributed by atoms with E-state index in [1.165, 1.54) is 0 Å². The number of rotatable bonds is 6. The van der Waals surface area contributed by atoms with Gasteiger partial charge in [-0.25, -0.2) is 0 Å². The van der Waals surface area contributed by atoms with Gasteiger partial charge in [-0.1, -0.05) is 13.8 Å². The molecule has 0 spiro atoms. The second kappa shape index (κ2) is 6.50. The van der Waals surface area contributed by atoms with E-state index in [1.807, 2.05) is 12.1 Å². The second-order valence-electron chi connectivity index (χ2n) is 4.68. The normalized spacial score (nSPS) is 12.4. The minimum Gasteiger partial charge on any atom is -0.496 e. The first-order valence-corrected chi connectivity index (χ1v) is 6.09. The van der Waals surface area contributed by atoms with Crippen LogP contribution in [0.25, 0.3) is 0 Å². The van der Waals surface area contributed by atoms with Crippen molar-refractivity contribution in [1.29, 1.82) is 0 Å². The van der Waals surface area contributed by atoms with Crippen molar-refractivity contribution >= 4 is 0 Å². The van der Waals surface area contributed by atoms with Crippen molar-refractivity contribution in [3.05, 3.63) is 17.7 Å².